The van der Waals surface area contributed by atoms with Gasteiger partial charge in [-0.25, -0.2) is 8.42 Å². The van der Waals surface area contributed by atoms with Crippen LogP contribution in [0.5, 0.6) is 5.75 Å². The van der Waals surface area contributed by atoms with Crippen LogP contribution < -0.4 is 15.2 Å². The molecule has 2 bridgehead atoms. The van der Waals surface area contributed by atoms with Gasteiger partial charge in [0.25, 0.3) is 5.92 Å². The maximum absolute atomic E-state index is 16.2. The molecule has 0 amide bonds. The van der Waals surface area contributed by atoms with E-state index in [1.165, 1.54) is 36.4 Å². The summed E-state index contributed by atoms with van der Waals surface area (Å²) in [6, 6.07) is 12.7. The predicted molar refractivity (Wildman–Crippen MR) is 158 cm³/mol. The van der Waals surface area contributed by atoms with Crippen LogP contribution >= 0.6 is 15.9 Å². The fraction of sp³-hybridized carbons (Fsp3) is 0.452. The molecule has 0 radical (unpaired) electrons. The zero-order valence-electron chi connectivity index (χ0n) is 23.0. The summed E-state index contributed by atoms with van der Waals surface area (Å²) in [4.78, 5) is 13.8. The van der Waals surface area contributed by atoms with Crippen molar-refractivity contribution in [3.05, 3.63) is 70.7 Å². The van der Waals surface area contributed by atoms with Crippen LogP contribution in [0.2, 0.25) is 0 Å². The second-order valence-corrected chi connectivity index (χ2v) is 14.1. The van der Waals surface area contributed by atoms with Gasteiger partial charge in [0.05, 0.1) is 11.0 Å². The molecule has 0 saturated heterocycles. The first-order valence-corrected chi connectivity index (χ1v) is 16.3. The Labute approximate surface area is 248 Å². The van der Waals surface area contributed by atoms with Gasteiger partial charge in [-0.15, -0.1) is 0 Å². The standard InChI is InChI=1S/C31H35BrF2N2O4S/c1-3-18(2)40-26-12-6-20-17-27(13-7-19(20)16-26)41(38,39)36-30(31(33,34)23-8-10-24(32)11-9-23)29(37)28-21-4-5-22(28)15-25(35)14-21/h6-13,16-18,21-22,25,28,30,36H,3-5,14-15,35H2,1-2H3/t18-,21?,22?,25?,28?,30-/m0/s1. The molecule has 5 rings (SSSR count). The van der Waals surface area contributed by atoms with E-state index in [1.807, 2.05) is 19.9 Å². The van der Waals surface area contributed by atoms with Crippen LogP contribution in [0.25, 0.3) is 10.8 Å². The fourth-order valence-corrected chi connectivity index (χ4v) is 7.87. The van der Waals surface area contributed by atoms with Gasteiger partial charge < -0.3 is 10.5 Å². The normalized spacial score (nSPS) is 24.2. The summed E-state index contributed by atoms with van der Waals surface area (Å²) < 4.78 is 68.3. The lowest BCUT2D eigenvalue weighted by Crippen LogP contribution is -2.55. The van der Waals surface area contributed by atoms with Crippen LogP contribution in [-0.2, 0) is 20.7 Å². The van der Waals surface area contributed by atoms with Crippen molar-refractivity contribution in [1.82, 2.24) is 4.72 Å². The highest BCUT2D eigenvalue weighted by Gasteiger charge is 2.54. The number of sulfonamides is 1. The zero-order chi connectivity index (χ0) is 29.5. The van der Waals surface area contributed by atoms with Gasteiger partial charge in [-0.1, -0.05) is 47.1 Å². The average Bonchev–Trinajstić information content (AvgIpc) is 3.21. The molecule has 3 N–H and O–H groups in total. The van der Waals surface area contributed by atoms with E-state index in [-0.39, 0.29) is 28.9 Å². The van der Waals surface area contributed by atoms with Gasteiger partial charge >= 0.3 is 0 Å². The summed E-state index contributed by atoms with van der Waals surface area (Å²) in [7, 11) is -4.51. The molecule has 0 aliphatic heterocycles. The number of halogens is 3. The van der Waals surface area contributed by atoms with E-state index in [4.69, 9.17) is 10.5 Å². The summed E-state index contributed by atoms with van der Waals surface area (Å²) in [6.45, 7) is 3.97. The number of nitrogens with one attached hydrogen (secondary N) is 1. The maximum Gasteiger partial charge on any atom is 0.296 e. The number of carbonyl (C=O) groups excluding carboxylic acids is 1. The molecule has 2 aliphatic carbocycles. The highest BCUT2D eigenvalue weighted by atomic mass is 79.9. The molecule has 6 nitrogen and oxygen atoms in total. The van der Waals surface area contributed by atoms with Crippen LogP contribution in [0, 0.1) is 17.8 Å². The minimum atomic E-state index is -4.51. The smallest absolute Gasteiger partial charge is 0.296 e. The number of benzene rings is 3. The number of rotatable bonds is 10. The Kier molecular flexibility index (Phi) is 8.58. The summed E-state index contributed by atoms with van der Waals surface area (Å²) >= 11 is 3.25. The van der Waals surface area contributed by atoms with E-state index < -0.39 is 39.3 Å². The Morgan fingerprint density at radius 1 is 1.05 bits per heavy atom. The topological polar surface area (TPSA) is 98.5 Å². The lowest BCUT2D eigenvalue weighted by Gasteiger charge is -2.36. The number of nitrogens with two attached hydrogens (primary N) is 1. The first-order chi connectivity index (χ1) is 19.4. The van der Waals surface area contributed by atoms with Gasteiger partial charge in [-0.2, -0.15) is 13.5 Å². The van der Waals surface area contributed by atoms with E-state index in [0.29, 0.717) is 28.5 Å². The monoisotopic (exact) mass is 648 g/mol. The number of hydrogen-bond acceptors (Lipinski definition) is 5. The second-order valence-electron chi connectivity index (χ2n) is 11.4. The number of Topliss-reactive ketones (excluding diaryl/α,β-unsaturated/α-hetero) is 1. The van der Waals surface area contributed by atoms with Crippen molar-refractivity contribution >= 4 is 42.5 Å². The fourth-order valence-electron chi connectivity index (χ4n) is 6.36. The Morgan fingerprint density at radius 3 is 2.29 bits per heavy atom. The van der Waals surface area contributed by atoms with Crippen LogP contribution in [0.15, 0.2) is 70.0 Å². The molecule has 4 atom stereocenters. The summed E-state index contributed by atoms with van der Waals surface area (Å²) in [5, 5.41) is 1.35. The van der Waals surface area contributed by atoms with Crippen LogP contribution in [0.3, 0.4) is 0 Å². The first-order valence-electron chi connectivity index (χ1n) is 14.0. The number of fused-ring (bicyclic) bond motifs is 3. The van der Waals surface area contributed by atoms with Gasteiger partial charge in [-0.05, 0) is 98.0 Å². The predicted octanol–water partition coefficient (Wildman–Crippen LogP) is 6.55. The van der Waals surface area contributed by atoms with Crippen molar-refractivity contribution in [2.45, 2.75) is 75.0 Å². The molecule has 2 saturated carbocycles. The van der Waals surface area contributed by atoms with Crippen molar-refractivity contribution in [3.8, 4) is 5.75 Å². The molecule has 0 spiro atoms. The lowest BCUT2D eigenvalue weighted by molar-refractivity contribution is -0.139. The minimum absolute atomic E-state index is 0.0216. The van der Waals surface area contributed by atoms with Gasteiger partial charge in [0, 0.05) is 22.0 Å². The van der Waals surface area contributed by atoms with Crippen molar-refractivity contribution in [1.29, 1.82) is 0 Å². The first kappa shape index (κ1) is 30.1. The molecule has 0 aromatic heterocycles. The van der Waals surface area contributed by atoms with E-state index in [1.54, 1.807) is 18.2 Å². The van der Waals surface area contributed by atoms with Gasteiger partial charge in [0.1, 0.15) is 11.8 Å². The number of carbonyl (C=O) groups is 1. The highest BCUT2D eigenvalue weighted by Crippen LogP contribution is 2.49. The summed E-state index contributed by atoms with van der Waals surface area (Å²) in [6.07, 6.45) is 3.46. The number of hydrogen-bond donors (Lipinski definition) is 2. The molecular weight excluding hydrogens is 614 g/mol. The zero-order valence-corrected chi connectivity index (χ0v) is 25.4. The van der Waals surface area contributed by atoms with Crippen LogP contribution in [-0.4, -0.2) is 32.4 Å². The van der Waals surface area contributed by atoms with Crippen molar-refractivity contribution in [2.75, 3.05) is 0 Å². The van der Waals surface area contributed by atoms with E-state index in [2.05, 4.69) is 20.7 Å². The number of alkyl halides is 2. The molecule has 3 aromatic rings. The maximum atomic E-state index is 16.2. The Hall–Kier alpha value is -2.40. The molecule has 2 aliphatic rings. The minimum Gasteiger partial charge on any atom is -0.491 e. The average molecular weight is 650 g/mol. The van der Waals surface area contributed by atoms with E-state index in [9.17, 15) is 13.2 Å². The second kappa shape index (κ2) is 11.7. The molecule has 3 aromatic carbocycles. The van der Waals surface area contributed by atoms with Crippen LogP contribution in [0.1, 0.15) is 51.5 Å². The molecule has 0 heterocycles. The van der Waals surface area contributed by atoms with Gasteiger partial charge in [0.2, 0.25) is 10.0 Å². The van der Waals surface area contributed by atoms with E-state index in [0.717, 1.165) is 24.6 Å². The molecule has 2 unspecified atom stereocenters. The van der Waals surface area contributed by atoms with Crippen molar-refractivity contribution in [2.24, 2.45) is 23.5 Å². The summed E-state index contributed by atoms with van der Waals surface area (Å²) in [5.41, 5.74) is 5.73. The molecule has 41 heavy (non-hydrogen) atoms. The van der Waals surface area contributed by atoms with Crippen molar-refractivity contribution < 1.29 is 26.7 Å². The third-order valence-corrected chi connectivity index (χ3v) is 10.6. The Bertz CT molecular complexity index is 1520. The lowest BCUT2D eigenvalue weighted by atomic mass is 9.72. The van der Waals surface area contributed by atoms with Gasteiger partial charge in [0.15, 0.2) is 5.78 Å². The Morgan fingerprint density at radius 2 is 1.66 bits per heavy atom. The third-order valence-electron chi connectivity index (χ3n) is 8.62. The molecule has 220 valence electrons. The molecule has 2 fully saturated rings. The molecular formula is C31H35BrF2N2O4S. The van der Waals surface area contributed by atoms with Gasteiger partial charge in [-0.3, -0.25) is 4.79 Å². The number of ketones is 1. The number of ether oxygens (including phenoxy) is 1. The largest absolute Gasteiger partial charge is 0.491 e. The Balaban J connectivity index is 1.49. The summed E-state index contributed by atoms with van der Waals surface area (Å²) in [5.74, 6) is -4.82. The highest BCUT2D eigenvalue weighted by molar-refractivity contribution is 9.10. The SMILES string of the molecule is CC[C@H](C)Oc1ccc2cc(S(=O)(=O)N[C@@H](C(=O)C3C4CCC3CC(N)C4)C(F)(F)c3ccc(Br)cc3)ccc2c1. The van der Waals surface area contributed by atoms with Crippen molar-refractivity contribution in [3.63, 3.8) is 0 Å². The quantitative estimate of drug-likeness (QED) is 0.260. The van der Waals surface area contributed by atoms with E-state index >= 15 is 8.78 Å². The molecule has 10 heteroatoms. The third kappa shape index (κ3) is 6.21. The van der Waals surface area contributed by atoms with Crippen LogP contribution in [0.4, 0.5) is 8.78 Å².